The molecule has 2 nitrogen and oxygen atoms in total. The molecular formula is C14H15FO2. The smallest absolute Gasteiger partial charge is 0.170 e. The molecule has 1 aliphatic heterocycles. The second-order valence-electron chi connectivity index (χ2n) is 5.04. The maximum absolute atomic E-state index is 13.1. The number of benzene rings is 1. The zero-order chi connectivity index (χ0) is 12.0. The third-order valence-corrected chi connectivity index (χ3v) is 3.93. The number of fused-ring (bicyclic) bond motifs is 1. The van der Waals surface area contributed by atoms with Gasteiger partial charge in [-0.05, 0) is 43.4 Å². The third-order valence-electron chi connectivity index (χ3n) is 3.93. The second kappa shape index (κ2) is 3.56. The Hall–Kier alpha value is -1.38. The number of hydrogen-bond donors (Lipinski definition) is 0. The van der Waals surface area contributed by atoms with Gasteiger partial charge in [0.15, 0.2) is 5.78 Å². The summed E-state index contributed by atoms with van der Waals surface area (Å²) < 4.78 is 19.1. The van der Waals surface area contributed by atoms with E-state index in [0.717, 1.165) is 19.3 Å². The van der Waals surface area contributed by atoms with Crippen molar-refractivity contribution in [2.75, 3.05) is 0 Å². The molecular weight excluding hydrogens is 219 g/mol. The van der Waals surface area contributed by atoms with Crippen LogP contribution < -0.4 is 4.74 Å². The third kappa shape index (κ3) is 1.65. The van der Waals surface area contributed by atoms with E-state index in [0.29, 0.717) is 23.7 Å². The van der Waals surface area contributed by atoms with Crippen molar-refractivity contribution >= 4 is 5.78 Å². The van der Waals surface area contributed by atoms with Gasteiger partial charge in [-0.2, -0.15) is 0 Å². The second-order valence-corrected chi connectivity index (χ2v) is 5.04. The highest BCUT2D eigenvalue weighted by Gasteiger charge is 2.50. The maximum atomic E-state index is 13.1. The first kappa shape index (κ1) is 10.8. The molecule has 1 atom stereocenters. The van der Waals surface area contributed by atoms with Gasteiger partial charge in [0.05, 0.1) is 12.0 Å². The first-order chi connectivity index (χ1) is 8.14. The minimum absolute atomic E-state index is 0.0134. The van der Waals surface area contributed by atoms with E-state index in [1.165, 1.54) is 12.1 Å². The number of ketones is 1. The number of hydrogen-bond acceptors (Lipinski definition) is 2. The molecule has 3 rings (SSSR count). The van der Waals surface area contributed by atoms with E-state index in [2.05, 4.69) is 6.92 Å². The molecule has 1 fully saturated rings. The Kier molecular flexibility index (Phi) is 2.25. The minimum Gasteiger partial charge on any atom is -0.486 e. The van der Waals surface area contributed by atoms with Gasteiger partial charge in [-0.1, -0.05) is 6.92 Å². The molecule has 0 bridgehead atoms. The topological polar surface area (TPSA) is 26.3 Å². The Morgan fingerprint density at radius 2 is 2.24 bits per heavy atom. The van der Waals surface area contributed by atoms with Crippen LogP contribution in [-0.2, 0) is 0 Å². The lowest BCUT2D eigenvalue weighted by molar-refractivity contribution is 0.0211. The van der Waals surface area contributed by atoms with Crippen molar-refractivity contribution in [2.45, 2.75) is 38.2 Å². The summed E-state index contributed by atoms with van der Waals surface area (Å²) in [6.45, 7) is 2.06. The van der Waals surface area contributed by atoms with Gasteiger partial charge in [0.2, 0.25) is 0 Å². The summed E-state index contributed by atoms with van der Waals surface area (Å²) in [5, 5.41) is 0. The van der Waals surface area contributed by atoms with Crippen LogP contribution in [0.15, 0.2) is 18.2 Å². The van der Waals surface area contributed by atoms with Gasteiger partial charge in [-0.25, -0.2) is 4.39 Å². The number of carbonyl (C=O) groups excluding carboxylic acids is 1. The molecule has 1 saturated carbocycles. The number of carbonyl (C=O) groups is 1. The van der Waals surface area contributed by atoms with E-state index in [1.807, 2.05) is 0 Å². The molecule has 1 unspecified atom stereocenters. The quantitative estimate of drug-likeness (QED) is 0.784. The van der Waals surface area contributed by atoms with Gasteiger partial charge in [0.25, 0.3) is 0 Å². The summed E-state index contributed by atoms with van der Waals surface area (Å²) >= 11 is 0. The minimum atomic E-state index is -0.379. The average Bonchev–Trinajstić information content (AvgIpc) is 3.14. The Morgan fingerprint density at radius 1 is 1.47 bits per heavy atom. The summed E-state index contributed by atoms with van der Waals surface area (Å²) in [6, 6.07) is 4.21. The van der Waals surface area contributed by atoms with Crippen LogP contribution in [0.25, 0.3) is 0 Å². The van der Waals surface area contributed by atoms with Crippen LogP contribution in [0.4, 0.5) is 4.39 Å². The van der Waals surface area contributed by atoms with Gasteiger partial charge in [-0.3, -0.25) is 4.79 Å². The summed E-state index contributed by atoms with van der Waals surface area (Å²) in [5.41, 5.74) is 0.0665. The zero-order valence-electron chi connectivity index (χ0n) is 9.83. The van der Waals surface area contributed by atoms with Crippen LogP contribution in [0, 0.1) is 11.7 Å². The molecule has 0 spiro atoms. The number of rotatable bonds is 2. The van der Waals surface area contributed by atoms with E-state index < -0.39 is 0 Å². The SMILES string of the molecule is CCC1(C2CC2)CC(=O)c2cc(F)ccc2O1. The molecule has 17 heavy (non-hydrogen) atoms. The van der Waals surface area contributed by atoms with Crippen LogP contribution in [0.2, 0.25) is 0 Å². The molecule has 0 amide bonds. The van der Waals surface area contributed by atoms with Crippen molar-refractivity contribution in [3.8, 4) is 5.75 Å². The molecule has 1 aromatic rings. The average molecular weight is 234 g/mol. The lowest BCUT2D eigenvalue weighted by Gasteiger charge is -2.37. The fourth-order valence-corrected chi connectivity index (χ4v) is 2.75. The van der Waals surface area contributed by atoms with Gasteiger partial charge in [0, 0.05) is 0 Å². The molecule has 0 aromatic heterocycles. The molecule has 0 radical (unpaired) electrons. The van der Waals surface area contributed by atoms with Crippen molar-refractivity contribution in [3.63, 3.8) is 0 Å². The van der Waals surface area contributed by atoms with Gasteiger partial charge < -0.3 is 4.74 Å². The van der Waals surface area contributed by atoms with Crippen molar-refractivity contribution in [2.24, 2.45) is 5.92 Å². The van der Waals surface area contributed by atoms with Crippen molar-refractivity contribution in [3.05, 3.63) is 29.6 Å². The van der Waals surface area contributed by atoms with E-state index in [-0.39, 0.29) is 17.2 Å². The summed E-state index contributed by atoms with van der Waals surface area (Å²) in [5.74, 6) is 0.682. The lowest BCUT2D eigenvalue weighted by Crippen LogP contribution is -2.43. The zero-order valence-corrected chi connectivity index (χ0v) is 9.83. The van der Waals surface area contributed by atoms with Crippen LogP contribution in [0.5, 0.6) is 5.75 Å². The summed E-state index contributed by atoms with van der Waals surface area (Å²) in [6.07, 6.45) is 3.50. The largest absolute Gasteiger partial charge is 0.486 e. The van der Waals surface area contributed by atoms with Gasteiger partial charge in [-0.15, -0.1) is 0 Å². The Morgan fingerprint density at radius 3 is 2.88 bits per heavy atom. The first-order valence-electron chi connectivity index (χ1n) is 6.16. The molecule has 1 aliphatic carbocycles. The van der Waals surface area contributed by atoms with E-state index in [4.69, 9.17) is 4.74 Å². The molecule has 2 aliphatic rings. The maximum Gasteiger partial charge on any atom is 0.170 e. The van der Waals surface area contributed by atoms with E-state index in [1.54, 1.807) is 6.07 Å². The molecule has 3 heteroatoms. The standard InChI is InChI=1S/C14H15FO2/c1-2-14(9-3-4-9)8-12(16)11-7-10(15)5-6-13(11)17-14/h5-7,9H,2-4,8H2,1H3. The Labute approximate surface area is 99.8 Å². The van der Waals surface area contributed by atoms with Gasteiger partial charge in [0.1, 0.15) is 17.2 Å². The Balaban J connectivity index is 2.02. The number of Topliss-reactive ketones (excluding diaryl/α,β-unsaturated/α-hetero) is 1. The fourth-order valence-electron chi connectivity index (χ4n) is 2.75. The molecule has 0 N–H and O–H groups in total. The first-order valence-corrected chi connectivity index (χ1v) is 6.16. The van der Waals surface area contributed by atoms with Crippen molar-refractivity contribution < 1.29 is 13.9 Å². The summed E-state index contributed by atoms with van der Waals surface area (Å²) in [4.78, 5) is 12.1. The predicted molar refractivity (Wildman–Crippen MR) is 61.7 cm³/mol. The normalized spacial score (nSPS) is 27.5. The monoisotopic (exact) mass is 234 g/mol. The van der Waals surface area contributed by atoms with Crippen LogP contribution in [-0.4, -0.2) is 11.4 Å². The summed E-state index contributed by atoms with van der Waals surface area (Å²) in [7, 11) is 0. The van der Waals surface area contributed by atoms with Crippen LogP contribution in [0.3, 0.4) is 0 Å². The van der Waals surface area contributed by atoms with E-state index in [9.17, 15) is 9.18 Å². The van der Waals surface area contributed by atoms with Crippen molar-refractivity contribution in [1.29, 1.82) is 0 Å². The predicted octanol–water partition coefficient (Wildman–Crippen LogP) is 3.35. The lowest BCUT2D eigenvalue weighted by atomic mass is 9.84. The van der Waals surface area contributed by atoms with Crippen LogP contribution >= 0.6 is 0 Å². The number of halogens is 1. The highest BCUT2D eigenvalue weighted by molar-refractivity contribution is 6.00. The van der Waals surface area contributed by atoms with Crippen molar-refractivity contribution in [1.82, 2.24) is 0 Å². The highest BCUT2D eigenvalue weighted by atomic mass is 19.1. The fraction of sp³-hybridized carbons (Fsp3) is 0.500. The Bertz CT molecular complexity index is 479. The molecule has 90 valence electrons. The van der Waals surface area contributed by atoms with E-state index >= 15 is 0 Å². The number of ether oxygens (including phenoxy) is 1. The molecule has 1 aromatic carbocycles. The van der Waals surface area contributed by atoms with Gasteiger partial charge >= 0.3 is 0 Å². The van der Waals surface area contributed by atoms with Crippen LogP contribution in [0.1, 0.15) is 43.0 Å². The molecule has 1 heterocycles. The molecule has 0 saturated heterocycles. The highest BCUT2D eigenvalue weighted by Crippen LogP contribution is 2.49.